The van der Waals surface area contributed by atoms with E-state index < -0.39 is 5.91 Å². The van der Waals surface area contributed by atoms with E-state index in [0.29, 0.717) is 31.3 Å². The zero-order valence-corrected chi connectivity index (χ0v) is 14.7. The molecule has 0 aromatic heterocycles. The zero-order valence-electron chi connectivity index (χ0n) is 14.7. The lowest BCUT2D eigenvalue weighted by molar-refractivity contribution is -0.114. The molecule has 26 heavy (non-hydrogen) atoms. The van der Waals surface area contributed by atoms with E-state index >= 15 is 0 Å². The second kappa shape index (κ2) is 10.0. The first-order valence-corrected chi connectivity index (χ1v) is 8.33. The fourth-order valence-electron chi connectivity index (χ4n) is 2.24. The van der Waals surface area contributed by atoms with E-state index in [1.165, 1.54) is 0 Å². The molecule has 0 saturated heterocycles. The van der Waals surface area contributed by atoms with Crippen molar-refractivity contribution in [2.24, 2.45) is 5.73 Å². The number of carbonyl (C=O) groups is 2. The van der Waals surface area contributed by atoms with Crippen LogP contribution in [0.1, 0.15) is 17.3 Å². The smallest absolute Gasteiger partial charge is 0.250 e. The number of primary amides is 1. The van der Waals surface area contributed by atoms with Crippen LogP contribution in [0.25, 0.3) is 0 Å². The molecule has 0 bridgehead atoms. The molecular formula is C19H23N3O4. The number of hydrogen-bond acceptors (Lipinski definition) is 5. The Balaban J connectivity index is 1.87. The fraction of sp³-hybridized carbons (Fsp3) is 0.263. The summed E-state index contributed by atoms with van der Waals surface area (Å²) < 4.78 is 10.8. The van der Waals surface area contributed by atoms with E-state index in [9.17, 15) is 9.59 Å². The van der Waals surface area contributed by atoms with E-state index in [1.54, 1.807) is 30.3 Å². The van der Waals surface area contributed by atoms with Crippen LogP contribution in [0.4, 0.5) is 11.4 Å². The van der Waals surface area contributed by atoms with Crippen molar-refractivity contribution >= 4 is 23.2 Å². The summed E-state index contributed by atoms with van der Waals surface area (Å²) >= 11 is 0. The monoisotopic (exact) mass is 357 g/mol. The highest BCUT2D eigenvalue weighted by Gasteiger charge is 2.10. The number of ether oxygens (including phenoxy) is 2. The predicted octanol–water partition coefficient (Wildman–Crippen LogP) is 2.25. The number of rotatable bonds is 10. The maximum Gasteiger partial charge on any atom is 0.250 e. The maximum absolute atomic E-state index is 12.1. The number of carbonyl (C=O) groups excluding carboxylic acids is 2. The Morgan fingerprint density at radius 3 is 2.65 bits per heavy atom. The van der Waals surface area contributed by atoms with Crippen molar-refractivity contribution in [3.05, 3.63) is 54.1 Å². The quantitative estimate of drug-likeness (QED) is 0.566. The topological polar surface area (TPSA) is 103 Å². The molecule has 2 amide bonds. The summed E-state index contributed by atoms with van der Waals surface area (Å²) in [5.41, 5.74) is 6.71. The Kier molecular flexibility index (Phi) is 7.45. The van der Waals surface area contributed by atoms with Gasteiger partial charge in [0.25, 0.3) is 5.91 Å². The summed E-state index contributed by atoms with van der Waals surface area (Å²) in [4.78, 5) is 23.5. The molecule has 0 atom stereocenters. The van der Waals surface area contributed by atoms with E-state index in [0.717, 1.165) is 5.69 Å². The van der Waals surface area contributed by atoms with Gasteiger partial charge in [0.05, 0.1) is 24.4 Å². The summed E-state index contributed by atoms with van der Waals surface area (Å²) in [6, 6.07) is 13.9. The largest absolute Gasteiger partial charge is 0.491 e. The molecule has 0 saturated carbocycles. The van der Waals surface area contributed by atoms with E-state index in [1.807, 2.05) is 25.1 Å². The lowest BCUT2D eigenvalue weighted by Crippen LogP contribution is -2.24. The molecule has 0 radical (unpaired) electrons. The molecule has 0 heterocycles. The highest BCUT2D eigenvalue weighted by atomic mass is 16.5. The minimum atomic E-state index is -0.592. The van der Waals surface area contributed by atoms with Gasteiger partial charge < -0.3 is 25.8 Å². The van der Waals surface area contributed by atoms with Gasteiger partial charge in [0, 0.05) is 18.4 Å². The van der Waals surface area contributed by atoms with Crippen molar-refractivity contribution in [2.75, 3.05) is 37.0 Å². The van der Waals surface area contributed by atoms with Crippen LogP contribution in [0.2, 0.25) is 0 Å². The molecule has 0 spiro atoms. The van der Waals surface area contributed by atoms with Crippen molar-refractivity contribution in [3.8, 4) is 5.75 Å². The molecule has 0 aliphatic carbocycles. The number of amides is 2. The van der Waals surface area contributed by atoms with Crippen LogP contribution in [0.3, 0.4) is 0 Å². The molecule has 138 valence electrons. The second-order valence-corrected chi connectivity index (χ2v) is 5.38. The molecule has 0 aliphatic rings. The van der Waals surface area contributed by atoms with Crippen LogP contribution < -0.4 is 21.1 Å². The lowest BCUT2D eigenvalue weighted by Gasteiger charge is -2.11. The van der Waals surface area contributed by atoms with Gasteiger partial charge in [-0.25, -0.2) is 0 Å². The Morgan fingerprint density at radius 1 is 1.08 bits per heavy atom. The Bertz CT molecular complexity index is 749. The van der Waals surface area contributed by atoms with Gasteiger partial charge in [-0.3, -0.25) is 9.59 Å². The maximum atomic E-state index is 12.1. The number of hydrogen-bond donors (Lipinski definition) is 3. The predicted molar refractivity (Wildman–Crippen MR) is 101 cm³/mol. The van der Waals surface area contributed by atoms with Gasteiger partial charge in [0.15, 0.2) is 0 Å². The van der Waals surface area contributed by atoms with E-state index in [-0.39, 0.29) is 18.0 Å². The number of nitrogens with two attached hydrogens (primary N) is 1. The first kappa shape index (κ1) is 19.3. The molecule has 2 aromatic rings. The molecule has 0 unspecified atom stereocenters. The van der Waals surface area contributed by atoms with Gasteiger partial charge in [0.2, 0.25) is 5.91 Å². The summed E-state index contributed by atoms with van der Waals surface area (Å²) in [6.45, 7) is 3.60. The number of anilines is 2. The van der Waals surface area contributed by atoms with Gasteiger partial charge in [-0.15, -0.1) is 0 Å². The summed E-state index contributed by atoms with van der Waals surface area (Å²) in [6.07, 6.45) is 0. The Labute approximate surface area is 152 Å². The van der Waals surface area contributed by atoms with E-state index in [4.69, 9.17) is 15.2 Å². The fourth-order valence-corrected chi connectivity index (χ4v) is 2.24. The Morgan fingerprint density at radius 2 is 1.88 bits per heavy atom. The van der Waals surface area contributed by atoms with Crippen LogP contribution in [0.5, 0.6) is 5.75 Å². The third-order valence-electron chi connectivity index (χ3n) is 3.45. The molecular weight excluding hydrogens is 334 g/mol. The number of benzene rings is 2. The summed E-state index contributed by atoms with van der Waals surface area (Å²) in [5, 5.41) is 5.69. The molecule has 0 aliphatic heterocycles. The average molecular weight is 357 g/mol. The molecule has 4 N–H and O–H groups in total. The van der Waals surface area contributed by atoms with Crippen LogP contribution in [0.15, 0.2) is 48.5 Å². The van der Waals surface area contributed by atoms with Crippen molar-refractivity contribution in [3.63, 3.8) is 0 Å². The van der Waals surface area contributed by atoms with Gasteiger partial charge >= 0.3 is 0 Å². The summed E-state index contributed by atoms with van der Waals surface area (Å²) in [5.74, 6) is -0.193. The molecule has 2 rings (SSSR count). The standard InChI is InChI=1S/C19H23N3O4/c1-2-25-10-11-26-15-7-5-6-14(12-15)21-13-18(23)22-17-9-4-3-8-16(17)19(20)24/h3-9,12,21H,2,10-11,13H2,1H3,(H2,20,24)(H,22,23). The highest BCUT2D eigenvalue weighted by Crippen LogP contribution is 2.17. The minimum Gasteiger partial charge on any atom is -0.491 e. The van der Waals surface area contributed by atoms with Crippen molar-refractivity contribution in [1.29, 1.82) is 0 Å². The van der Waals surface area contributed by atoms with Gasteiger partial charge in [-0.2, -0.15) is 0 Å². The Hall–Kier alpha value is -3.06. The van der Waals surface area contributed by atoms with Gasteiger partial charge in [-0.1, -0.05) is 18.2 Å². The number of para-hydroxylation sites is 1. The minimum absolute atomic E-state index is 0.0372. The SMILES string of the molecule is CCOCCOc1cccc(NCC(=O)Nc2ccccc2C(N)=O)c1. The van der Waals surface area contributed by atoms with Crippen molar-refractivity contribution < 1.29 is 19.1 Å². The first-order valence-electron chi connectivity index (χ1n) is 8.33. The third kappa shape index (κ3) is 6.10. The first-order chi connectivity index (χ1) is 12.6. The van der Waals surface area contributed by atoms with Crippen LogP contribution in [0, 0.1) is 0 Å². The van der Waals surface area contributed by atoms with Gasteiger partial charge in [0.1, 0.15) is 12.4 Å². The lowest BCUT2D eigenvalue weighted by atomic mass is 10.1. The molecule has 0 fully saturated rings. The van der Waals surface area contributed by atoms with Crippen molar-refractivity contribution in [1.82, 2.24) is 0 Å². The molecule has 7 heteroatoms. The van der Waals surface area contributed by atoms with E-state index in [2.05, 4.69) is 10.6 Å². The zero-order chi connectivity index (χ0) is 18.8. The summed E-state index contributed by atoms with van der Waals surface area (Å²) in [7, 11) is 0. The van der Waals surface area contributed by atoms with Crippen LogP contribution in [-0.2, 0) is 9.53 Å². The average Bonchev–Trinajstić information content (AvgIpc) is 2.64. The number of nitrogens with one attached hydrogen (secondary N) is 2. The normalized spacial score (nSPS) is 10.2. The third-order valence-corrected chi connectivity index (χ3v) is 3.45. The van der Waals surface area contributed by atoms with Crippen LogP contribution >= 0.6 is 0 Å². The highest BCUT2D eigenvalue weighted by molar-refractivity contribution is 6.03. The van der Waals surface area contributed by atoms with Crippen LogP contribution in [-0.4, -0.2) is 38.2 Å². The molecule has 2 aromatic carbocycles. The van der Waals surface area contributed by atoms with Gasteiger partial charge in [-0.05, 0) is 31.2 Å². The van der Waals surface area contributed by atoms with Crippen molar-refractivity contribution in [2.45, 2.75) is 6.92 Å². The molecule has 7 nitrogen and oxygen atoms in total. The second-order valence-electron chi connectivity index (χ2n) is 5.38.